The van der Waals surface area contributed by atoms with Gasteiger partial charge in [0.05, 0.1) is 0 Å². The molecular formula is C16H31BrSi. The molecule has 0 amide bonds. The van der Waals surface area contributed by atoms with Crippen LogP contribution in [0.3, 0.4) is 0 Å². The van der Waals surface area contributed by atoms with E-state index in [1.165, 1.54) is 32.1 Å². The van der Waals surface area contributed by atoms with Crippen molar-refractivity contribution < 1.29 is 0 Å². The van der Waals surface area contributed by atoms with E-state index in [-0.39, 0.29) is 8.80 Å². The molecule has 0 aromatic rings. The summed E-state index contributed by atoms with van der Waals surface area (Å²) in [6, 6.07) is 4.97. The van der Waals surface area contributed by atoms with Gasteiger partial charge < -0.3 is 0 Å². The van der Waals surface area contributed by atoms with Gasteiger partial charge in [0.15, 0.2) is 0 Å². The Hall–Kier alpha value is 0.697. The van der Waals surface area contributed by atoms with E-state index < -0.39 is 0 Å². The monoisotopic (exact) mass is 330 g/mol. The Labute approximate surface area is 124 Å². The molecule has 0 N–H and O–H groups in total. The van der Waals surface area contributed by atoms with Gasteiger partial charge in [-0.2, -0.15) is 0 Å². The molecule has 2 aliphatic rings. The van der Waals surface area contributed by atoms with Crippen LogP contribution < -0.4 is 0 Å². The average Bonchev–Trinajstić information content (AvgIpc) is 2.40. The zero-order valence-electron chi connectivity index (χ0n) is 12.2. The number of hydrogen-bond acceptors (Lipinski definition) is 0. The van der Waals surface area contributed by atoms with Gasteiger partial charge >= 0.3 is 0 Å². The maximum atomic E-state index is 3.77. The standard InChI is InChI=1S/C16H31BrSi/c1-2-11-18-12-9-15(10-13-18)4-3-14-5-7-16(17)8-6-14/h14-16,18H,2-13H2,1H3/t14?,15-,16?,18-. The first-order valence-corrected chi connectivity index (χ1v) is 11.8. The van der Waals surface area contributed by atoms with E-state index in [2.05, 4.69) is 22.9 Å². The smallest absolute Gasteiger partial charge is 0.0367 e. The lowest BCUT2D eigenvalue weighted by molar-refractivity contribution is 0.304. The molecule has 1 saturated carbocycles. The van der Waals surface area contributed by atoms with Gasteiger partial charge in [-0.05, 0) is 37.5 Å². The van der Waals surface area contributed by atoms with E-state index in [1.54, 1.807) is 43.8 Å². The first kappa shape index (κ1) is 15.1. The van der Waals surface area contributed by atoms with E-state index >= 15 is 0 Å². The summed E-state index contributed by atoms with van der Waals surface area (Å²) in [5.41, 5.74) is 0. The van der Waals surface area contributed by atoms with Gasteiger partial charge in [-0.1, -0.05) is 73.1 Å². The summed E-state index contributed by atoms with van der Waals surface area (Å²) in [4.78, 5) is 0.837. The SMILES string of the molecule is CCC[Si@H]1CC[C@H](CCC2CCC(Br)CC2)CC1. The van der Waals surface area contributed by atoms with Gasteiger partial charge in [0.25, 0.3) is 0 Å². The highest BCUT2D eigenvalue weighted by molar-refractivity contribution is 9.09. The molecule has 0 bridgehead atoms. The molecule has 0 spiro atoms. The topological polar surface area (TPSA) is 0 Å². The molecule has 1 saturated heterocycles. The summed E-state index contributed by atoms with van der Waals surface area (Å²) in [6.45, 7) is 2.37. The third-order valence-electron chi connectivity index (χ3n) is 5.42. The van der Waals surface area contributed by atoms with Gasteiger partial charge in [0, 0.05) is 13.6 Å². The van der Waals surface area contributed by atoms with Crippen LogP contribution >= 0.6 is 15.9 Å². The molecule has 2 fully saturated rings. The quantitative estimate of drug-likeness (QED) is 0.443. The summed E-state index contributed by atoms with van der Waals surface area (Å²) in [6.07, 6.45) is 13.6. The van der Waals surface area contributed by atoms with E-state index in [4.69, 9.17) is 0 Å². The Bertz CT molecular complexity index is 215. The lowest BCUT2D eigenvalue weighted by Gasteiger charge is -2.30. The van der Waals surface area contributed by atoms with Crippen molar-refractivity contribution in [1.82, 2.24) is 0 Å². The van der Waals surface area contributed by atoms with Crippen molar-refractivity contribution in [3.05, 3.63) is 0 Å². The highest BCUT2D eigenvalue weighted by atomic mass is 79.9. The Kier molecular flexibility index (Phi) is 6.78. The molecule has 0 aromatic heterocycles. The van der Waals surface area contributed by atoms with Gasteiger partial charge in [0.1, 0.15) is 0 Å². The van der Waals surface area contributed by atoms with Crippen molar-refractivity contribution in [3.8, 4) is 0 Å². The van der Waals surface area contributed by atoms with Gasteiger partial charge in [0.2, 0.25) is 0 Å². The number of hydrogen-bond donors (Lipinski definition) is 0. The second kappa shape index (κ2) is 8.09. The predicted octanol–water partition coefficient (Wildman–Crippen LogP) is 5.77. The Morgan fingerprint density at radius 2 is 1.44 bits per heavy atom. The fourth-order valence-corrected chi connectivity index (χ4v) is 8.20. The first-order chi connectivity index (χ1) is 8.78. The van der Waals surface area contributed by atoms with Crippen molar-refractivity contribution in [2.45, 2.75) is 87.7 Å². The van der Waals surface area contributed by atoms with E-state index in [0.29, 0.717) is 0 Å². The molecule has 1 heterocycles. The van der Waals surface area contributed by atoms with Crippen LogP contribution in [-0.2, 0) is 0 Å². The molecule has 1 aliphatic heterocycles. The molecule has 0 radical (unpaired) electrons. The number of rotatable bonds is 5. The molecule has 1 aliphatic carbocycles. The molecule has 0 atom stereocenters. The van der Waals surface area contributed by atoms with Crippen molar-refractivity contribution in [2.24, 2.45) is 11.8 Å². The van der Waals surface area contributed by atoms with E-state index in [9.17, 15) is 0 Å². The molecule has 0 nitrogen and oxygen atoms in total. The Morgan fingerprint density at radius 3 is 2.00 bits per heavy atom. The Morgan fingerprint density at radius 1 is 0.889 bits per heavy atom. The van der Waals surface area contributed by atoms with Crippen LogP contribution in [0.5, 0.6) is 0 Å². The van der Waals surface area contributed by atoms with Gasteiger partial charge in [-0.3, -0.25) is 0 Å². The van der Waals surface area contributed by atoms with Crippen molar-refractivity contribution in [3.63, 3.8) is 0 Å². The van der Waals surface area contributed by atoms with Crippen LogP contribution in [0.15, 0.2) is 0 Å². The number of halogens is 1. The third kappa shape index (κ3) is 5.00. The zero-order chi connectivity index (χ0) is 12.8. The Balaban J connectivity index is 1.57. The van der Waals surface area contributed by atoms with E-state index in [1.807, 2.05) is 0 Å². The van der Waals surface area contributed by atoms with Gasteiger partial charge in [-0.25, -0.2) is 0 Å². The van der Waals surface area contributed by atoms with E-state index in [0.717, 1.165) is 16.7 Å². The van der Waals surface area contributed by atoms with Crippen LogP contribution in [0.1, 0.15) is 64.7 Å². The predicted molar refractivity (Wildman–Crippen MR) is 88.5 cm³/mol. The average molecular weight is 331 g/mol. The second-order valence-corrected chi connectivity index (χ2v) is 11.6. The van der Waals surface area contributed by atoms with Crippen LogP contribution in [0.2, 0.25) is 18.1 Å². The summed E-state index contributed by atoms with van der Waals surface area (Å²) in [5.74, 6) is 2.19. The maximum Gasteiger partial charge on any atom is 0.0367 e. The van der Waals surface area contributed by atoms with Gasteiger partial charge in [-0.15, -0.1) is 0 Å². The molecular weight excluding hydrogens is 300 g/mol. The lowest BCUT2D eigenvalue weighted by atomic mass is 9.83. The summed E-state index contributed by atoms with van der Waals surface area (Å²) in [7, 11) is -0.238. The molecule has 106 valence electrons. The summed E-state index contributed by atoms with van der Waals surface area (Å²) in [5, 5.41) is 0. The van der Waals surface area contributed by atoms with Crippen LogP contribution in [0, 0.1) is 11.8 Å². The summed E-state index contributed by atoms with van der Waals surface area (Å²) >= 11 is 3.77. The molecule has 0 aromatic carbocycles. The van der Waals surface area contributed by atoms with Crippen LogP contribution in [0.25, 0.3) is 0 Å². The van der Waals surface area contributed by atoms with Crippen molar-refractivity contribution in [2.75, 3.05) is 0 Å². The molecule has 0 unspecified atom stereocenters. The third-order valence-corrected chi connectivity index (χ3v) is 10.0. The molecule has 18 heavy (non-hydrogen) atoms. The van der Waals surface area contributed by atoms with Crippen LogP contribution in [-0.4, -0.2) is 13.6 Å². The van der Waals surface area contributed by atoms with Crippen LogP contribution in [0.4, 0.5) is 0 Å². The fourth-order valence-electron chi connectivity index (χ4n) is 4.10. The minimum atomic E-state index is -0.238. The van der Waals surface area contributed by atoms with Crippen molar-refractivity contribution >= 4 is 24.7 Å². The maximum absolute atomic E-state index is 3.77. The first-order valence-electron chi connectivity index (χ1n) is 8.42. The fraction of sp³-hybridized carbons (Fsp3) is 1.00. The molecule has 2 heteroatoms. The largest absolute Gasteiger partial charge is 0.0891 e. The minimum absolute atomic E-state index is 0.238. The van der Waals surface area contributed by atoms with Crippen molar-refractivity contribution in [1.29, 1.82) is 0 Å². The lowest BCUT2D eigenvalue weighted by Crippen LogP contribution is -2.22. The number of alkyl halides is 1. The molecule has 2 rings (SSSR count). The highest BCUT2D eigenvalue weighted by Crippen LogP contribution is 2.35. The summed E-state index contributed by atoms with van der Waals surface area (Å²) < 4.78 is 0. The minimum Gasteiger partial charge on any atom is -0.0891 e. The highest BCUT2D eigenvalue weighted by Gasteiger charge is 2.24. The second-order valence-electron chi connectivity index (χ2n) is 6.87. The normalized spacial score (nSPS) is 37.7. The zero-order valence-corrected chi connectivity index (χ0v) is 14.9.